The number of hydrogen-bond donors (Lipinski definition) is 1. The highest BCUT2D eigenvalue weighted by molar-refractivity contribution is 5.62. The summed E-state index contributed by atoms with van der Waals surface area (Å²) in [5, 5.41) is 20.4. The molecule has 110 valence electrons. The second kappa shape index (κ2) is 5.28. The van der Waals surface area contributed by atoms with E-state index in [4.69, 9.17) is 0 Å². The molecule has 1 aromatic heterocycles. The number of carboxylic acid groups (broad SMARTS) is 1. The summed E-state index contributed by atoms with van der Waals surface area (Å²) < 4.78 is 38.7. The zero-order chi connectivity index (χ0) is 14.9. The van der Waals surface area contributed by atoms with Crippen molar-refractivity contribution >= 4 is 6.09 Å². The molecule has 1 fully saturated rings. The molecule has 1 amide bonds. The van der Waals surface area contributed by atoms with Crippen LogP contribution in [0.5, 0.6) is 0 Å². The molecule has 0 bridgehead atoms. The maximum Gasteiger partial charge on any atom is 0.418 e. The van der Waals surface area contributed by atoms with Crippen molar-refractivity contribution in [2.24, 2.45) is 0 Å². The van der Waals surface area contributed by atoms with Crippen LogP contribution in [0.25, 0.3) is 0 Å². The van der Waals surface area contributed by atoms with Crippen molar-refractivity contribution in [1.29, 1.82) is 0 Å². The molecule has 1 aliphatic heterocycles. The molecule has 1 saturated heterocycles. The van der Waals surface area contributed by atoms with E-state index in [-0.39, 0.29) is 25.1 Å². The fraction of sp³-hybridized carbons (Fsp3) is 0.500. The molecule has 0 aromatic carbocycles. The number of aliphatic hydroxyl groups is 1. The Morgan fingerprint density at radius 3 is 2.75 bits per heavy atom. The van der Waals surface area contributed by atoms with Crippen LogP contribution in [0.3, 0.4) is 0 Å². The monoisotopic (exact) mass is 289 g/mol. The molecule has 2 atom stereocenters. The molecule has 1 N–H and O–H groups in total. The molecule has 0 aliphatic carbocycles. The van der Waals surface area contributed by atoms with E-state index in [0.29, 0.717) is 4.90 Å². The molecule has 1 aliphatic rings. The van der Waals surface area contributed by atoms with E-state index < -0.39 is 30.0 Å². The van der Waals surface area contributed by atoms with Gasteiger partial charge in [-0.25, -0.2) is 0 Å². The number of pyridine rings is 1. The van der Waals surface area contributed by atoms with Gasteiger partial charge in [-0.05, 0) is 18.6 Å². The summed E-state index contributed by atoms with van der Waals surface area (Å²) in [5.74, 6) is -0.640. The molecule has 20 heavy (non-hydrogen) atoms. The molecule has 2 unspecified atom stereocenters. The van der Waals surface area contributed by atoms with Gasteiger partial charge in [0.05, 0.1) is 11.3 Å². The Morgan fingerprint density at radius 2 is 2.20 bits per heavy atom. The predicted octanol–water partition coefficient (Wildman–Crippen LogP) is 0.942. The van der Waals surface area contributed by atoms with Crippen LogP contribution in [-0.2, 0) is 6.18 Å². The third-order valence-electron chi connectivity index (χ3n) is 3.34. The van der Waals surface area contributed by atoms with Crippen LogP contribution in [0.15, 0.2) is 18.3 Å². The Balaban J connectivity index is 2.24. The summed E-state index contributed by atoms with van der Waals surface area (Å²) in [6, 6.07) is 2.12. The number of halogens is 3. The van der Waals surface area contributed by atoms with Gasteiger partial charge in [0, 0.05) is 25.1 Å². The highest BCUT2D eigenvalue weighted by Crippen LogP contribution is 2.38. The zero-order valence-corrected chi connectivity index (χ0v) is 10.3. The lowest BCUT2D eigenvalue weighted by Crippen LogP contribution is -2.51. The van der Waals surface area contributed by atoms with E-state index in [9.17, 15) is 28.2 Å². The fourth-order valence-electron chi connectivity index (χ4n) is 2.39. The van der Waals surface area contributed by atoms with Crippen LogP contribution < -0.4 is 5.11 Å². The quantitative estimate of drug-likeness (QED) is 0.834. The van der Waals surface area contributed by atoms with Crippen LogP contribution in [0.4, 0.5) is 18.0 Å². The minimum atomic E-state index is -4.53. The first kappa shape index (κ1) is 14.6. The molecule has 5 nitrogen and oxygen atoms in total. The number of aromatic nitrogens is 1. The van der Waals surface area contributed by atoms with Crippen LogP contribution in [0.2, 0.25) is 0 Å². The zero-order valence-electron chi connectivity index (χ0n) is 10.3. The number of nitrogens with zero attached hydrogens (tertiary/aromatic N) is 2. The SMILES string of the molecule is O=C([O-])N1CCC(c2ncccc2C(F)(F)F)CC1O. The average molecular weight is 289 g/mol. The van der Waals surface area contributed by atoms with Gasteiger partial charge in [-0.1, -0.05) is 0 Å². The lowest BCUT2D eigenvalue weighted by Gasteiger charge is -2.38. The number of amides is 1. The lowest BCUT2D eigenvalue weighted by atomic mass is 9.89. The fourth-order valence-corrected chi connectivity index (χ4v) is 2.39. The summed E-state index contributed by atoms with van der Waals surface area (Å²) >= 11 is 0. The van der Waals surface area contributed by atoms with E-state index in [2.05, 4.69) is 4.98 Å². The van der Waals surface area contributed by atoms with Crippen molar-refractivity contribution in [1.82, 2.24) is 9.88 Å². The van der Waals surface area contributed by atoms with E-state index in [1.807, 2.05) is 0 Å². The van der Waals surface area contributed by atoms with Crippen molar-refractivity contribution in [3.05, 3.63) is 29.6 Å². The Bertz CT molecular complexity index is 507. The summed E-state index contributed by atoms with van der Waals surface area (Å²) in [5.41, 5.74) is -1.00. The summed E-state index contributed by atoms with van der Waals surface area (Å²) in [6.45, 7) is -0.0813. The maximum absolute atomic E-state index is 12.9. The van der Waals surface area contributed by atoms with Crippen molar-refractivity contribution in [3.8, 4) is 0 Å². The third kappa shape index (κ3) is 2.84. The second-order valence-corrected chi connectivity index (χ2v) is 4.60. The standard InChI is InChI=1S/C12H13F3N2O3/c13-12(14,15)8-2-1-4-16-10(8)7-3-5-17(11(19)20)9(18)6-7/h1-2,4,7,9,18H,3,5-6H2,(H,19,20)/p-1. The van der Waals surface area contributed by atoms with Gasteiger partial charge in [-0.15, -0.1) is 0 Å². The Kier molecular flexibility index (Phi) is 3.85. The largest absolute Gasteiger partial charge is 0.530 e. The summed E-state index contributed by atoms with van der Waals surface area (Å²) in [7, 11) is 0. The van der Waals surface area contributed by atoms with Gasteiger partial charge < -0.3 is 19.9 Å². The molecule has 2 rings (SSSR count). The van der Waals surface area contributed by atoms with Gasteiger partial charge in [0.15, 0.2) is 0 Å². The summed E-state index contributed by atoms with van der Waals surface area (Å²) in [6.07, 6.45) is -6.16. The van der Waals surface area contributed by atoms with Crippen LogP contribution >= 0.6 is 0 Å². The normalized spacial score (nSPS) is 23.7. The highest BCUT2D eigenvalue weighted by Gasteiger charge is 2.38. The molecule has 8 heteroatoms. The number of aliphatic hydroxyl groups excluding tert-OH is 1. The van der Waals surface area contributed by atoms with Crippen LogP contribution in [0, 0.1) is 0 Å². The number of piperidine rings is 1. The number of hydrogen-bond acceptors (Lipinski definition) is 4. The van der Waals surface area contributed by atoms with Crippen LogP contribution in [-0.4, -0.2) is 33.9 Å². The van der Waals surface area contributed by atoms with Crippen molar-refractivity contribution in [3.63, 3.8) is 0 Å². The first-order chi connectivity index (χ1) is 9.30. The van der Waals surface area contributed by atoms with Gasteiger partial charge >= 0.3 is 6.18 Å². The Labute approximate surface area is 112 Å². The molecule has 1 aromatic rings. The molecular formula is C12H12F3N2O3-. The number of likely N-dealkylation sites (tertiary alicyclic amines) is 1. The predicted molar refractivity (Wildman–Crippen MR) is 59.3 cm³/mol. The first-order valence-corrected chi connectivity index (χ1v) is 5.98. The first-order valence-electron chi connectivity index (χ1n) is 5.98. The molecule has 0 saturated carbocycles. The summed E-state index contributed by atoms with van der Waals surface area (Å²) in [4.78, 5) is 15.2. The average Bonchev–Trinajstić information content (AvgIpc) is 2.37. The highest BCUT2D eigenvalue weighted by atomic mass is 19.4. The number of rotatable bonds is 1. The second-order valence-electron chi connectivity index (χ2n) is 4.60. The lowest BCUT2D eigenvalue weighted by molar-refractivity contribution is -0.275. The van der Waals surface area contributed by atoms with Crippen LogP contribution in [0.1, 0.15) is 30.0 Å². The third-order valence-corrected chi connectivity index (χ3v) is 3.34. The topological polar surface area (TPSA) is 76.5 Å². The van der Waals surface area contributed by atoms with Crippen molar-refractivity contribution < 1.29 is 28.2 Å². The van der Waals surface area contributed by atoms with Gasteiger partial charge in [0.1, 0.15) is 12.3 Å². The van der Waals surface area contributed by atoms with E-state index in [1.165, 1.54) is 12.3 Å². The van der Waals surface area contributed by atoms with Gasteiger partial charge in [0.25, 0.3) is 0 Å². The Hall–Kier alpha value is -1.83. The van der Waals surface area contributed by atoms with Crippen molar-refractivity contribution in [2.75, 3.05) is 6.54 Å². The van der Waals surface area contributed by atoms with E-state index >= 15 is 0 Å². The Morgan fingerprint density at radius 1 is 1.50 bits per heavy atom. The smallest absolute Gasteiger partial charge is 0.418 e. The minimum Gasteiger partial charge on any atom is -0.530 e. The minimum absolute atomic E-state index is 0.0813. The number of alkyl halides is 3. The maximum atomic E-state index is 12.9. The molecule has 0 spiro atoms. The van der Waals surface area contributed by atoms with Gasteiger partial charge in [0.2, 0.25) is 0 Å². The van der Waals surface area contributed by atoms with Gasteiger partial charge in [-0.3, -0.25) is 4.98 Å². The number of carbonyl (C=O) groups is 1. The number of carbonyl (C=O) groups excluding carboxylic acids is 1. The van der Waals surface area contributed by atoms with E-state index in [0.717, 1.165) is 6.07 Å². The van der Waals surface area contributed by atoms with E-state index in [1.54, 1.807) is 0 Å². The molecule has 2 heterocycles. The van der Waals surface area contributed by atoms with Crippen molar-refractivity contribution in [2.45, 2.75) is 31.2 Å². The molecule has 0 radical (unpaired) electrons. The molecular weight excluding hydrogens is 277 g/mol. The van der Waals surface area contributed by atoms with Gasteiger partial charge in [-0.2, -0.15) is 13.2 Å².